The highest BCUT2D eigenvalue weighted by atomic mass is 16.5. The molecule has 0 aliphatic heterocycles. The molecule has 0 amide bonds. The molecule has 0 aliphatic rings. The molecule has 0 spiro atoms. The van der Waals surface area contributed by atoms with Gasteiger partial charge in [0.15, 0.2) is 0 Å². The standard InChI is InChI=1S/C12H11N5O2/c13-8(6-18)12-16-11(17-19-12)7-1-2-9-10(5-7)15-4-3-14-9/h1-5,8,18H,6,13H2/t8-/m0/s1. The molecule has 19 heavy (non-hydrogen) atoms. The summed E-state index contributed by atoms with van der Waals surface area (Å²) in [7, 11) is 0. The number of nitrogens with zero attached hydrogens (tertiary/aromatic N) is 4. The zero-order valence-corrected chi connectivity index (χ0v) is 9.89. The molecule has 96 valence electrons. The van der Waals surface area contributed by atoms with Crippen LogP contribution in [0.25, 0.3) is 22.4 Å². The van der Waals surface area contributed by atoms with Gasteiger partial charge in [-0.15, -0.1) is 0 Å². The number of hydrogen-bond acceptors (Lipinski definition) is 7. The van der Waals surface area contributed by atoms with Crippen LogP contribution < -0.4 is 5.73 Å². The second kappa shape index (κ2) is 4.71. The average Bonchev–Trinajstić information content (AvgIpc) is 2.95. The molecule has 1 atom stereocenters. The minimum absolute atomic E-state index is 0.205. The molecule has 0 saturated heterocycles. The lowest BCUT2D eigenvalue weighted by molar-refractivity contribution is 0.237. The summed E-state index contributed by atoms with van der Waals surface area (Å²) in [6.45, 7) is -0.245. The predicted octanol–water partition coefficient (Wildman–Crippen LogP) is 0.672. The first kappa shape index (κ1) is 11.7. The number of rotatable bonds is 3. The van der Waals surface area contributed by atoms with Crippen LogP contribution in [0.3, 0.4) is 0 Å². The van der Waals surface area contributed by atoms with Gasteiger partial charge < -0.3 is 15.4 Å². The number of aliphatic hydroxyl groups is 1. The molecule has 0 fully saturated rings. The second-order valence-corrected chi connectivity index (χ2v) is 4.01. The van der Waals surface area contributed by atoms with Crippen molar-refractivity contribution in [3.05, 3.63) is 36.5 Å². The molecule has 0 aliphatic carbocycles. The van der Waals surface area contributed by atoms with Crippen molar-refractivity contribution in [2.45, 2.75) is 6.04 Å². The van der Waals surface area contributed by atoms with E-state index in [0.717, 1.165) is 16.6 Å². The Morgan fingerprint density at radius 3 is 2.79 bits per heavy atom. The molecule has 0 unspecified atom stereocenters. The Morgan fingerprint density at radius 1 is 1.21 bits per heavy atom. The molecule has 0 radical (unpaired) electrons. The Labute approximate surface area is 108 Å². The van der Waals surface area contributed by atoms with E-state index in [2.05, 4.69) is 20.1 Å². The van der Waals surface area contributed by atoms with E-state index in [1.54, 1.807) is 12.4 Å². The highest BCUT2D eigenvalue weighted by Gasteiger charge is 2.15. The topological polar surface area (TPSA) is 111 Å². The van der Waals surface area contributed by atoms with Crippen LogP contribution in [0.4, 0.5) is 0 Å². The van der Waals surface area contributed by atoms with Crippen LogP contribution in [0.15, 0.2) is 35.1 Å². The largest absolute Gasteiger partial charge is 0.394 e. The summed E-state index contributed by atoms with van der Waals surface area (Å²) in [6, 6.07) is 4.82. The van der Waals surface area contributed by atoms with Crippen molar-refractivity contribution in [3.8, 4) is 11.4 Å². The van der Waals surface area contributed by atoms with Crippen LogP contribution in [0.1, 0.15) is 11.9 Å². The van der Waals surface area contributed by atoms with Crippen LogP contribution >= 0.6 is 0 Å². The predicted molar refractivity (Wildman–Crippen MR) is 66.8 cm³/mol. The minimum Gasteiger partial charge on any atom is -0.394 e. The number of nitrogens with two attached hydrogens (primary N) is 1. The van der Waals surface area contributed by atoms with Crippen LogP contribution in [0, 0.1) is 0 Å². The van der Waals surface area contributed by atoms with E-state index in [1.807, 2.05) is 18.2 Å². The fourth-order valence-electron chi connectivity index (χ4n) is 1.68. The monoisotopic (exact) mass is 257 g/mol. The molecule has 0 saturated carbocycles. The van der Waals surface area contributed by atoms with E-state index in [-0.39, 0.29) is 12.5 Å². The summed E-state index contributed by atoms with van der Waals surface area (Å²) in [5.41, 5.74) is 7.91. The van der Waals surface area contributed by atoms with E-state index in [9.17, 15) is 0 Å². The average molecular weight is 257 g/mol. The Hall–Kier alpha value is -2.38. The fourth-order valence-corrected chi connectivity index (χ4v) is 1.68. The molecule has 0 bridgehead atoms. The normalized spacial score (nSPS) is 12.7. The Balaban J connectivity index is 2.01. The van der Waals surface area contributed by atoms with Crippen molar-refractivity contribution in [3.63, 3.8) is 0 Å². The van der Waals surface area contributed by atoms with Crippen molar-refractivity contribution in [2.75, 3.05) is 6.61 Å². The Kier molecular flexibility index (Phi) is 2.90. The molecule has 1 aromatic carbocycles. The zero-order valence-electron chi connectivity index (χ0n) is 9.89. The summed E-state index contributed by atoms with van der Waals surface area (Å²) in [4.78, 5) is 12.5. The molecule has 3 N–H and O–H groups in total. The van der Waals surface area contributed by atoms with Gasteiger partial charge in [0.25, 0.3) is 0 Å². The maximum atomic E-state index is 8.94. The summed E-state index contributed by atoms with van der Waals surface area (Å²) in [6.07, 6.45) is 3.25. The molecular weight excluding hydrogens is 246 g/mol. The third kappa shape index (κ3) is 2.16. The van der Waals surface area contributed by atoms with Crippen LogP contribution in [-0.2, 0) is 0 Å². The second-order valence-electron chi connectivity index (χ2n) is 4.01. The molecular formula is C12H11N5O2. The van der Waals surface area contributed by atoms with E-state index in [4.69, 9.17) is 15.4 Å². The molecule has 3 rings (SSSR count). The number of hydrogen-bond donors (Lipinski definition) is 2. The van der Waals surface area contributed by atoms with Gasteiger partial charge in [0.1, 0.15) is 6.04 Å². The van der Waals surface area contributed by atoms with Crippen molar-refractivity contribution >= 4 is 11.0 Å². The van der Waals surface area contributed by atoms with E-state index < -0.39 is 6.04 Å². The van der Waals surface area contributed by atoms with Crippen molar-refractivity contribution in [1.29, 1.82) is 0 Å². The first-order chi connectivity index (χ1) is 9.28. The van der Waals surface area contributed by atoms with Gasteiger partial charge >= 0.3 is 0 Å². The minimum atomic E-state index is -0.665. The highest BCUT2D eigenvalue weighted by molar-refractivity contribution is 5.79. The van der Waals surface area contributed by atoms with Gasteiger partial charge in [-0.2, -0.15) is 4.98 Å². The van der Waals surface area contributed by atoms with E-state index in [1.165, 1.54) is 0 Å². The quantitative estimate of drug-likeness (QED) is 0.709. The summed E-state index contributed by atoms with van der Waals surface area (Å²) in [5, 5.41) is 12.8. The number of aliphatic hydroxyl groups excluding tert-OH is 1. The van der Waals surface area contributed by atoms with Gasteiger partial charge in [0.2, 0.25) is 11.7 Å². The Morgan fingerprint density at radius 2 is 2.00 bits per heavy atom. The lowest BCUT2D eigenvalue weighted by atomic mass is 10.2. The third-order valence-corrected chi connectivity index (χ3v) is 2.68. The highest BCUT2D eigenvalue weighted by Crippen LogP contribution is 2.21. The van der Waals surface area contributed by atoms with Gasteiger partial charge in [0.05, 0.1) is 17.6 Å². The van der Waals surface area contributed by atoms with Crippen molar-refractivity contribution in [1.82, 2.24) is 20.1 Å². The van der Waals surface area contributed by atoms with Gasteiger partial charge in [-0.25, -0.2) is 0 Å². The summed E-state index contributed by atoms with van der Waals surface area (Å²) >= 11 is 0. The summed E-state index contributed by atoms with van der Waals surface area (Å²) < 4.78 is 5.00. The number of aromatic nitrogens is 4. The molecule has 2 heterocycles. The molecule has 7 nitrogen and oxygen atoms in total. The van der Waals surface area contributed by atoms with Crippen LogP contribution in [0.5, 0.6) is 0 Å². The van der Waals surface area contributed by atoms with Gasteiger partial charge in [-0.05, 0) is 18.2 Å². The number of benzene rings is 1. The SMILES string of the molecule is N[C@@H](CO)c1nc(-c2ccc3nccnc3c2)no1. The Bertz CT molecular complexity index is 712. The summed E-state index contributed by atoms with van der Waals surface area (Å²) in [5.74, 6) is 0.614. The van der Waals surface area contributed by atoms with E-state index >= 15 is 0 Å². The molecule has 3 aromatic rings. The molecule has 7 heteroatoms. The van der Waals surface area contributed by atoms with Gasteiger partial charge in [-0.3, -0.25) is 9.97 Å². The third-order valence-electron chi connectivity index (χ3n) is 2.68. The zero-order chi connectivity index (χ0) is 13.2. The smallest absolute Gasteiger partial charge is 0.246 e. The maximum absolute atomic E-state index is 8.94. The van der Waals surface area contributed by atoms with Gasteiger partial charge in [0, 0.05) is 18.0 Å². The lowest BCUT2D eigenvalue weighted by Crippen LogP contribution is -2.14. The first-order valence-electron chi connectivity index (χ1n) is 5.69. The lowest BCUT2D eigenvalue weighted by Gasteiger charge is -1.99. The number of fused-ring (bicyclic) bond motifs is 1. The van der Waals surface area contributed by atoms with Crippen molar-refractivity contribution in [2.24, 2.45) is 5.73 Å². The van der Waals surface area contributed by atoms with Crippen LogP contribution in [-0.4, -0.2) is 31.8 Å². The maximum Gasteiger partial charge on any atom is 0.246 e. The van der Waals surface area contributed by atoms with E-state index in [0.29, 0.717) is 5.82 Å². The van der Waals surface area contributed by atoms with Crippen molar-refractivity contribution < 1.29 is 9.63 Å². The van der Waals surface area contributed by atoms with Crippen LogP contribution in [0.2, 0.25) is 0 Å². The molecule has 2 aromatic heterocycles. The van der Waals surface area contributed by atoms with Gasteiger partial charge in [-0.1, -0.05) is 5.16 Å². The first-order valence-corrected chi connectivity index (χ1v) is 5.69. The fraction of sp³-hybridized carbons (Fsp3) is 0.167.